The van der Waals surface area contributed by atoms with E-state index in [0.717, 1.165) is 5.56 Å². The molecule has 2 aromatic heterocycles. The quantitative estimate of drug-likeness (QED) is 0.177. The molecule has 0 aliphatic carbocycles. The summed E-state index contributed by atoms with van der Waals surface area (Å²) in [6.45, 7) is 4.92. The van der Waals surface area contributed by atoms with Crippen LogP contribution in [-0.2, 0) is 33.3 Å². The van der Waals surface area contributed by atoms with E-state index in [-0.39, 0.29) is 28.8 Å². The number of aromatic nitrogens is 2. The predicted molar refractivity (Wildman–Crippen MR) is 151 cm³/mol. The third-order valence-corrected chi connectivity index (χ3v) is 6.83. The molecule has 0 unspecified atom stereocenters. The number of hydrogen-bond acceptors (Lipinski definition) is 9. The van der Waals surface area contributed by atoms with Crippen molar-refractivity contribution in [1.82, 2.24) is 0 Å². The number of benzene rings is 2. The van der Waals surface area contributed by atoms with Gasteiger partial charge in [-0.3, -0.25) is 4.79 Å². The van der Waals surface area contributed by atoms with Gasteiger partial charge in [-0.2, -0.15) is 0 Å². The van der Waals surface area contributed by atoms with Gasteiger partial charge in [0.15, 0.2) is 43.7 Å². The zero-order valence-electron chi connectivity index (χ0n) is 23.2. The highest BCUT2D eigenvalue weighted by atomic mass is 32.2. The van der Waals surface area contributed by atoms with E-state index < -0.39 is 20.2 Å². The van der Waals surface area contributed by atoms with Crippen molar-refractivity contribution in [1.29, 1.82) is 0 Å². The first kappa shape index (κ1) is 36.2. The Kier molecular flexibility index (Phi) is 16.0. The molecule has 4 aromatic rings. The minimum atomic E-state index is -4.27. The summed E-state index contributed by atoms with van der Waals surface area (Å²) < 4.78 is 65.8. The Morgan fingerprint density at radius 3 is 1.43 bits per heavy atom. The lowest BCUT2D eigenvalue weighted by Gasteiger charge is -2.05. The number of carbonyl (C=O) groups is 1. The van der Waals surface area contributed by atoms with Crippen molar-refractivity contribution in [3.8, 4) is 0 Å². The third-order valence-electron chi connectivity index (χ3n) is 5.13. The molecule has 0 atom stereocenters. The first-order valence-corrected chi connectivity index (χ1v) is 15.3. The minimum absolute atomic E-state index is 0.0612. The first-order valence-electron chi connectivity index (χ1n) is 12.5. The lowest BCUT2D eigenvalue weighted by atomic mass is 10.2. The minimum Gasteiger partial charge on any atom is -0.744 e. The summed E-state index contributed by atoms with van der Waals surface area (Å²) in [5.41, 5.74) is 1.63. The number of Topliss-reactive ketones (excluding diaryl/α,β-unsaturated/α-hetero) is 1. The summed E-state index contributed by atoms with van der Waals surface area (Å²) in [6.07, 6.45) is 7.42. The molecule has 0 fully saturated rings. The van der Waals surface area contributed by atoms with Gasteiger partial charge in [0.1, 0.15) is 33.5 Å². The SMILES string of the molecule is CC(=O)c1cc[n+](CCO)cc1.Cc1ccc(S(=O)(=O)[O-])cc1.O=S(=O)([O-])c1ccccc1.OCC[n+]1ccccc1. The van der Waals surface area contributed by atoms with Crippen molar-refractivity contribution < 1.29 is 50.1 Å². The highest BCUT2D eigenvalue weighted by molar-refractivity contribution is 7.86. The fourth-order valence-corrected chi connectivity index (χ4v) is 3.91. The Labute approximate surface area is 246 Å². The van der Waals surface area contributed by atoms with Crippen molar-refractivity contribution in [2.75, 3.05) is 13.2 Å². The molecule has 13 heteroatoms. The van der Waals surface area contributed by atoms with E-state index in [1.165, 1.54) is 43.3 Å². The van der Waals surface area contributed by atoms with Gasteiger partial charge in [-0.05, 0) is 38.1 Å². The van der Waals surface area contributed by atoms with Gasteiger partial charge >= 0.3 is 0 Å². The number of ketones is 1. The molecule has 42 heavy (non-hydrogen) atoms. The molecule has 4 rings (SSSR count). The maximum Gasteiger partial charge on any atom is 0.171 e. The lowest BCUT2D eigenvalue weighted by molar-refractivity contribution is -0.698. The topological polar surface area (TPSA) is 180 Å². The fourth-order valence-electron chi connectivity index (χ4n) is 2.95. The van der Waals surface area contributed by atoms with Gasteiger partial charge in [0.05, 0.1) is 9.79 Å². The maximum atomic E-state index is 10.9. The average Bonchev–Trinajstić information content (AvgIpc) is 2.95. The van der Waals surface area contributed by atoms with Gasteiger partial charge in [-0.15, -0.1) is 0 Å². The zero-order chi connectivity index (χ0) is 31.6. The Bertz CT molecular complexity index is 1550. The number of aliphatic hydroxyl groups is 2. The number of hydrogen-bond donors (Lipinski definition) is 2. The van der Waals surface area contributed by atoms with Crippen LogP contribution in [0.1, 0.15) is 22.8 Å². The molecule has 0 amide bonds. The molecule has 2 N–H and O–H groups in total. The Morgan fingerprint density at radius 1 is 0.643 bits per heavy atom. The number of aryl methyl sites for hydroxylation is 1. The van der Waals surface area contributed by atoms with Crippen molar-refractivity contribution in [3.05, 3.63) is 121 Å². The van der Waals surface area contributed by atoms with E-state index in [4.69, 9.17) is 10.2 Å². The normalized spacial score (nSPS) is 10.5. The Hall–Kier alpha value is -3.85. The largest absolute Gasteiger partial charge is 0.744 e. The standard InChI is InChI=1S/C9H12NO2.C7H10NO.C7H8O3S.C6H6O3S/c1-8(12)9-2-4-10(5-3-9)6-7-11;9-7-6-8-4-2-1-3-5-8;1-6-2-4-7(5-3-6)11(8,9)10;7-10(8,9)6-4-2-1-3-5-6/h2-5,11H,6-7H2,1H3;1-5,9H,6-7H2;2-5H,1H3,(H,8,9,10);1-5H,(H,7,8,9)/q2*+1;;/p-2. The van der Waals surface area contributed by atoms with E-state index in [2.05, 4.69) is 0 Å². The Balaban J connectivity index is 0.000000281. The number of nitrogens with zero attached hydrogens (tertiary/aromatic N) is 2. The van der Waals surface area contributed by atoms with E-state index in [9.17, 15) is 30.7 Å². The molecular weight excluding hydrogens is 584 g/mol. The van der Waals surface area contributed by atoms with Crippen molar-refractivity contribution >= 4 is 26.0 Å². The molecule has 2 aromatic carbocycles. The molecular formula is C29H34N2O9S2. The van der Waals surface area contributed by atoms with Crippen LogP contribution in [0.4, 0.5) is 0 Å². The molecule has 0 radical (unpaired) electrons. The molecule has 2 heterocycles. The van der Waals surface area contributed by atoms with Crippen LogP contribution >= 0.6 is 0 Å². The van der Waals surface area contributed by atoms with Crippen molar-refractivity contribution in [2.45, 2.75) is 36.7 Å². The summed E-state index contributed by atoms with van der Waals surface area (Å²) in [5.74, 6) is 0.0612. The molecule has 0 saturated heterocycles. The van der Waals surface area contributed by atoms with Gasteiger partial charge in [0, 0.05) is 29.8 Å². The summed E-state index contributed by atoms with van der Waals surface area (Å²) in [6, 6.07) is 22.3. The van der Waals surface area contributed by atoms with Crippen LogP contribution < -0.4 is 9.13 Å². The van der Waals surface area contributed by atoms with Crippen LogP contribution in [0.15, 0.2) is 120 Å². The second-order valence-electron chi connectivity index (χ2n) is 8.48. The predicted octanol–water partition coefficient (Wildman–Crippen LogP) is 1.63. The van der Waals surface area contributed by atoms with Crippen LogP contribution in [0.2, 0.25) is 0 Å². The van der Waals surface area contributed by atoms with Gasteiger partial charge < -0.3 is 19.3 Å². The molecule has 0 aliphatic heterocycles. The van der Waals surface area contributed by atoms with Gasteiger partial charge in [0.2, 0.25) is 0 Å². The molecule has 0 aliphatic rings. The van der Waals surface area contributed by atoms with Crippen LogP contribution in [0.3, 0.4) is 0 Å². The second kappa shape index (κ2) is 18.6. The second-order valence-corrected chi connectivity index (χ2v) is 11.2. The average molecular weight is 619 g/mol. The highest BCUT2D eigenvalue weighted by Crippen LogP contribution is 2.08. The highest BCUT2D eigenvalue weighted by Gasteiger charge is 2.02. The third kappa shape index (κ3) is 15.2. The molecule has 11 nitrogen and oxygen atoms in total. The summed E-state index contributed by atoms with van der Waals surface area (Å²) in [7, 11) is -8.52. The molecule has 0 spiro atoms. The van der Waals surface area contributed by atoms with E-state index in [1.54, 1.807) is 42.7 Å². The van der Waals surface area contributed by atoms with Crippen LogP contribution in [-0.4, -0.2) is 55.2 Å². The Morgan fingerprint density at radius 2 is 1.05 bits per heavy atom. The van der Waals surface area contributed by atoms with E-state index in [1.807, 2.05) is 46.7 Å². The summed E-state index contributed by atoms with van der Waals surface area (Å²) >= 11 is 0. The zero-order valence-corrected chi connectivity index (χ0v) is 24.8. The summed E-state index contributed by atoms with van der Waals surface area (Å²) in [5, 5.41) is 17.1. The lowest BCUT2D eigenvalue weighted by Crippen LogP contribution is -2.34. The molecule has 0 saturated carbocycles. The van der Waals surface area contributed by atoms with E-state index >= 15 is 0 Å². The number of carbonyl (C=O) groups excluding carboxylic acids is 1. The van der Waals surface area contributed by atoms with Gasteiger partial charge in [-0.1, -0.05) is 42.0 Å². The van der Waals surface area contributed by atoms with Crippen molar-refractivity contribution in [2.24, 2.45) is 0 Å². The molecule has 226 valence electrons. The number of rotatable bonds is 7. The van der Waals surface area contributed by atoms with Gasteiger partial charge in [-0.25, -0.2) is 26.0 Å². The first-order chi connectivity index (χ1) is 19.8. The fraction of sp³-hybridized carbons (Fsp3) is 0.207. The van der Waals surface area contributed by atoms with Crippen LogP contribution in [0.25, 0.3) is 0 Å². The van der Waals surface area contributed by atoms with Gasteiger partial charge in [0.25, 0.3) is 0 Å². The summed E-state index contributed by atoms with van der Waals surface area (Å²) in [4.78, 5) is 10.5. The number of aliphatic hydroxyl groups excluding tert-OH is 2. The smallest absolute Gasteiger partial charge is 0.171 e. The maximum absolute atomic E-state index is 10.9. The van der Waals surface area contributed by atoms with Crippen LogP contribution in [0.5, 0.6) is 0 Å². The molecule has 0 bridgehead atoms. The van der Waals surface area contributed by atoms with E-state index in [0.29, 0.717) is 18.7 Å². The van der Waals surface area contributed by atoms with Crippen molar-refractivity contribution in [3.63, 3.8) is 0 Å². The monoisotopic (exact) mass is 618 g/mol. The van der Waals surface area contributed by atoms with Crippen LogP contribution in [0, 0.1) is 6.92 Å². The number of pyridine rings is 2.